The Morgan fingerprint density at radius 1 is 1.53 bits per heavy atom. The number of hydrogen-bond donors (Lipinski definition) is 3. The van der Waals surface area contributed by atoms with Crippen molar-refractivity contribution in [1.29, 1.82) is 0 Å². The molecule has 2 heterocycles. The molecule has 0 spiro atoms. The molecule has 1 aliphatic rings. The maximum atomic E-state index is 11.7. The number of nitrogens with one attached hydrogen (secondary N) is 2. The van der Waals surface area contributed by atoms with Crippen LogP contribution in [0.2, 0.25) is 0 Å². The van der Waals surface area contributed by atoms with Gasteiger partial charge in [-0.1, -0.05) is 0 Å². The van der Waals surface area contributed by atoms with Gasteiger partial charge in [0.15, 0.2) is 0 Å². The molecule has 0 aliphatic carbocycles. The summed E-state index contributed by atoms with van der Waals surface area (Å²) in [5.74, 6) is 2.22. The first-order chi connectivity index (χ1) is 7.25. The molecule has 1 saturated heterocycles. The molecule has 0 radical (unpaired) electrons. The third-order valence-corrected chi connectivity index (χ3v) is 3.56. The third kappa shape index (κ3) is 2.68. The van der Waals surface area contributed by atoms with Crippen LogP contribution in [0.5, 0.6) is 0 Å². The van der Waals surface area contributed by atoms with Gasteiger partial charge in [0, 0.05) is 17.9 Å². The predicted molar refractivity (Wildman–Crippen MR) is 63.0 cm³/mol. The van der Waals surface area contributed by atoms with Crippen molar-refractivity contribution in [2.24, 2.45) is 0 Å². The van der Waals surface area contributed by atoms with E-state index in [-0.39, 0.29) is 5.91 Å². The first kappa shape index (κ1) is 10.4. The summed E-state index contributed by atoms with van der Waals surface area (Å²) in [6.07, 6.45) is 3.75. The highest BCUT2D eigenvalue weighted by atomic mass is 32.2. The number of carbonyl (C=O) groups is 1. The van der Waals surface area contributed by atoms with Gasteiger partial charge in [0.25, 0.3) is 5.91 Å². The Morgan fingerprint density at radius 3 is 2.87 bits per heavy atom. The van der Waals surface area contributed by atoms with Crippen LogP contribution < -0.4 is 11.1 Å². The van der Waals surface area contributed by atoms with Crippen LogP contribution in [0.25, 0.3) is 0 Å². The molecule has 1 amide bonds. The summed E-state index contributed by atoms with van der Waals surface area (Å²) < 4.78 is 0. The van der Waals surface area contributed by atoms with Gasteiger partial charge in [0.2, 0.25) is 0 Å². The second-order valence-corrected chi connectivity index (χ2v) is 4.93. The summed E-state index contributed by atoms with van der Waals surface area (Å²) in [6, 6.07) is 1.98. The van der Waals surface area contributed by atoms with Gasteiger partial charge in [-0.25, -0.2) is 0 Å². The topological polar surface area (TPSA) is 70.9 Å². The second-order valence-electron chi connectivity index (χ2n) is 3.71. The minimum absolute atomic E-state index is 0.0522. The lowest BCUT2D eigenvalue weighted by Crippen LogP contribution is -2.37. The minimum atomic E-state index is -0.0522. The molecule has 1 aromatic rings. The van der Waals surface area contributed by atoms with Crippen molar-refractivity contribution in [3.05, 3.63) is 18.0 Å². The predicted octanol–water partition coefficient (Wildman–Crippen LogP) is 1.22. The van der Waals surface area contributed by atoms with Gasteiger partial charge in [-0.3, -0.25) is 4.79 Å². The molecule has 1 aliphatic heterocycles. The lowest BCUT2D eigenvalue weighted by Gasteiger charge is -2.22. The van der Waals surface area contributed by atoms with Crippen molar-refractivity contribution in [1.82, 2.24) is 10.3 Å². The van der Waals surface area contributed by atoms with Gasteiger partial charge in [-0.15, -0.1) is 0 Å². The van der Waals surface area contributed by atoms with E-state index in [2.05, 4.69) is 10.3 Å². The summed E-state index contributed by atoms with van der Waals surface area (Å²) in [5, 5.41) is 3.01. The highest BCUT2D eigenvalue weighted by Gasteiger charge is 2.17. The molecule has 2 rings (SSSR count). The summed E-state index contributed by atoms with van der Waals surface area (Å²) in [7, 11) is 0. The molecule has 82 valence electrons. The van der Waals surface area contributed by atoms with E-state index in [1.165, 1.54) is 0 Å². The SMILES string of the molecule is Nc1c[nH]c(C(=O)NC2CCSCC2)c1. The van der Waals surface area contributed by atoms with Gasteiger partial charge in [0.1, 0.15) is 5.69 Å². The van der Waals surface area contributed by atoms with Gasteiger partial charge >= 0.3 is 0 Å². The Hall–Kier alpha value is -1.10. The molecule has 4 N–H and O–H groups in total. The van der Waals surface area contributed by atoms with Crippen LogP contribution in [0.15, 0.2) is 12.3 Å². The van der Waals surface area contributed by atoms with E-state index in [4.69, 9.17) is 5.73 Å². The Bertz CT molecular complexity index is 344. The van der Waals surface area contributed by atoms with Crippen molar-refractivity contribution in [3.8, 4) is 0 Å². The van der Waals surface area contributed by atoms with Crippen molar-refractivity contribution in [2.45, 2.75) is 18.9 Å². The Morgan fingerprint density at radius 2 is 2.27 bits per heavy atom. The molecular formula is C10H15N3OS. The molecule has 0 bridgehead atoms. The van der Waals surface area contributed by atoms with E-state index in [0.717, 1.165) is 24.3 Å². The number of nitrogen functional groups attached to an aromatic ring is 1. The standard InChI is InChI=1S/C10H15N3OS/c11-7-5-9(12-6-7)10(14)13-8-1-3-15-4-2-8/h5-6,8,12H,1-4,11H2,(H,13,14). The van der Waals surface area contributed by atoms with Crippen LogP contribution in [-0.4, -0.2) is 28.4 Å². The number of hydrogen-bond acceptors (Lipinski definition) is 3. The Balaban J connectivity index is 1.91. The number of H-pyrrole nitrogens is 1. The number of carbonyl (C=O) groups excluding carboxylic acids is 1. The fraction of sp³-hybridized carbons (Fsp3) is 0.500. The molecule has 15 heavy (non-hydrogen) atoms. The van der Waals surface area contributed by atoms with Crippen LogP contribution in [0.1, 0.15) is 23.3 Å². The lowest BCUT2D eigenvalue weighted by molar-refractivity contribution is 0.0930. The number of anilines is 1. The van der Waals surface area contributed by atoms with Crippen LogP contribution in [0.4, 0.5) is 5.69 Å². The molecule has 1 fully saturated rings. The van der Waals surface area contributed by atoms with Crippen LogP contribution in [0, 0.1) is 0 Å². The van der Waals surface area contributed by atoms with Crippen LogP contribution >= 0.6 is 11.8 Å². The fourth-order valence-electron chi connectivity index (χ4n) is 1.65. The van der Waals surface area contributed by atoms with E-state index in [0.29, 0.717) is 17.4 Å². The van der Waals surface area contributed by atoms with Crippen molar-refractivity contribution in [2.75, 3.05) is 17.2 Å². The Labute approximate surface area is 93.0 Å². The van der Waals surface area contributed by atoms with Gasteiger partial charge in [-0.2, -0.15) is 11.8 Å². The number of amides is 1. The largest absolute Gasteiger partial charge is 0.397 e. The highest BCUT2D eigenvalue weighted by Crippen LogP contribution is 2.17. The smallest absolute Gasteiger partial charge is 0.267 e. The third-order valence-electron chi connectivity index (χ3n) is 2.51. The zero-order valence-electron chi connectivity index (χ0n) is 8.45. The van der Waals surface area contributed by atoms with Gasteiger partial charge < -0.3 is 16.0 Å². The summed E-state index contributed by atoms with van der Waals surface area (Å²) >= 11 is 1.95. The zero-order valence-corrected chi connectivity index (χ0v) is 9.27. The minimum Gasteiger partial charge on any atom is -0.397 e. The molecule has 4 nitrogen and oxygen atoms in total. The van der Waals surface area contributed by atoms with E-state index in [9.17, 15) is 4.79 Å². The highest BCUT2D eigenvalue weighted by molar-refractivity contribution is 7.99. The first-order valence-electron chi connectivity index (χ1n) is 5.08. The Kier molecular flexibility index (Phi) is 3.20. The average molecular weight is 225 g/mol. The quantitative estimate of drug-likeness (QED) is 0.708. The van der Waals surface area contributed by atoms with Gasteiger partial charge in [-0.05, 0) is 30.4 Å². The summed E-state index contributed by atoms with van der Waals surface area (Å²) in [6.45, 7) is 0. The first-order valence-corrected chi connectivity index (χ1v) is 6.23. The molecule has 0 saturated carbocycles. The normalized spacial score (nSPS) is 17.6. The van der Waals surface area contributed by atoms with Crippen molar-refractivity contribution in [3.63, 3.8) is 0 Å². The molecule has 0 unspecified atom stereocenters. The molecule has 0 atom stereocenters. The average Bonchev–Trinajstić information content (AvgIpc) is 2.66. The monoisotopic (exact) mass is 225 g/mol. The number of aromatic amines is 1. The molecule has 5 heteroatoms. The molecule has 0 aromatic carbocycles. The van der Waals surface area contributed by atoms with Crippen molar-refractivity contribution < 1.29 is 4.79 Å². The number of rotatable bonds is 2. The maximum Gasteiger partial charge on any atom is 0.267 e. The van der Waals surface area contributed by atoms with E-state index < -0.39 is 0 Å². The van der Waals surface area contributed by atoms with E-state index >= 15 is 0 Å². The van der Waals surface area contributed by atoms with Crippen LogP contribution in [-0.2, 0) is 0 Å². The van der Waals surface area contributed by atoms with Crippen LogP contribution in [0.3, 0.4) is 0 Å². The van der Waals surface area contributed by atoms with Crippen molar-refractivity contribution >= 4 is 23.4 Å². The summed E-state index contributed by atoms with van der Waals surface area (Å²) in [5.41, 5.74) is 6.68. The maximum absolute atomic E-state index is 11.7. The zero-order chi connectivity index (χ0) is 10.7. The lowest BCUT2D eigenvalue weighted by atomic mass is 10.1. The summed E-state index contributed by atoms with van der Waals surface area (Å²) in [4.78, 5) is 14.6. The second kappa shape index (κ2) is 4.61. The van der Waals surface area contributed by atoms with E-state index in [1.54, 1.807) is 12.3 Å². The number of aromatic nitrogens is 1. The molecular weight excluding hydrogens is 210 g/mol. The number of nitrogens with two attached hydrogens (primary N) is 1. The van der Waals surface area contributed by atoms with Gasteiger partial charge in [0.05, 0.1) is 0 Å². The van der Waals surface area contributed by atoms with E-state index in [1.807, 2.05) is 11.8 Å². The number of thioether (sulfide) groups is 1. The fourth-order valence-corrected chi connectivity index (χ4v) is 2.75. The molecule has 1 aromatic heterocycles.